The molecule has 2 aromatic carbocycles. The van der Waals surface area contributed by atoms with Crippen LogP contribution in [0.2, 0.25) is 0 Å². The molecule has 1 aliphatic carbocycles. The van der Waals surface area contributed by atoms with Gasteiger partial charge in [0.2, 0.25) is 17.7 Å². The maximum Gasteiger partial charge on any atom is 0.352 e. The van der Waals surface area contributed by atoms with Gasteiger partial charge in [-0.15, -0.1) is 0 Å². The zero-order chi connectivity index (χ0) is 31.1. The van der Waals surface area contributed by atoms with E-state index in [-0.39, 0.29) is 29.3 Å². The normalized spacial score (nSPS) is 19.8. The second-order valence-corrected chi connectivity index (χ2v) is 11.3. The highest BCUT2D eigenvalue weighted by atomic mass is 16.4. The first-order valence-electron chi connectivity index (χ1n) is 14.9. The van der Waals surface area contributed by atoms with E-state index in [1.165, 1.54) is 13.0 Å². The van der Waals surface area contributed by atoms with Crippen molar-refractivity contribution in [2.75, 3.05) is 11.4 Å². The van der Waals surface area contributed by atoms with Crippen LogP contribution >= 0.6 is 0 Å². The first-order valence-corrected chi connectivity index (χ1v) is 14.9. The number of hydrogen-bond acceptors (Lipinski definition) is 5. The van der Waals surface area contributed by atoms with E-state index >= 15 is 0 Å². The highest BCUT2D eigenvalue weighted by molar-refractivity contribution is 6.03. The van der Waals surface area contributed by atoms with E-state index in [0.717, 1.165) is 18.4 Å². The highest BCUT2D eigenvalue weighted by Crippen LogP contribution is 2.42. The molecule has 0 bridgehead atoms. The average molecular weight is 589 g/mol. The number of carbonyl (C=O) groups is 5. The first-order chi connectivity index (χ1) is 20.6. The van der Waals surface area contributed by atoms with Crippen molar-refractivity contribution in [3.05, 3.63) is 71.4 Å². The third-order valence-corrected chi connectivity index (χ3v) is 8.35. The Balaban J connectivity index is 1.59. The first kappa shape index (κ1) is 31.5. The van der Waals surface area contributed by atoms with E-state index in [0.29, 0.717) is 49.9 Å². The van der Waals surface area contributed by atoms with Crippen LogP contribution in [0.1, 0.15) is 83.0 Å². The van der Waals surface area contributed by atoms with Gasteiger partial charge in [-0.3, -0.25) is 24.1 Å². The van der Waals surface area contributed by atoms with Gasteiger partial charge in [0.15, 0.2) is 0 Å². The minimum absolute atomic E-state index is 0.0989. The molecule has 2 aromatic rings. The Kier molecular flexibility index (Phi) is 10.0. The molecule has 0 radical (unpaired) electrons. The molecule has 1 saturated carbocycles. The lowest BCUT2D eigenvalue weighted by molar-refractivity contribution is -0.137. The largest absolute Gasteiger partial charge is 0.477 e. The number of aliphatic carboxylic acids is 1. The van der Waals surface area contributed by atoms with Gasteiger partial charge in [0, 0.05) is 25.6 Å². The molecule has 2 atom stereocenters. The highest BCUT2D eigenvalue weighted by Gasteiger charge is 2.47. The Morgan fingerprint density at radius 3 is 2.26 bits per heavy atom. The fourth-order valence-electron chi connectivity index (χ4n) is 6.10. The van der Waals surface area contributed by atoms with Crippen LogP contribution in [0.25, 0.3) is 6.08 Å². The quantitative estimate of drug-likeness (QED) is 0.334. The predicted octanol–water partition coefficient (Wildman–Crippen LogP) is 4.38. The minimum atomic E-state index is -1.27. The molecule has 10 nitrogen and oxygen atoms in total. The summed E-state index contributed by atoms with van der Waals surface area (Å²) in [5.41, 5.74) is 0.909. The number of carboxylic acid groups (broad SMARTS) is 1. The molecule has 43 heavy (non-hydrogen) atoms. The lowest BCUT2D eigenvalue weighted by Gasteiger charge is -2.31. The van der Waals surface area contributed by atoms with Crippen LogP contribution in [0.5, 0.6) is 0 Å². The average Bonchev–Trinajstić information content (AvgIpc) is 3.57. The molecule has 228 valence electrons. The molecular weight excluding hydrogens is 548 g/mol. The third kappa shape index (κ3) is 6.96. The van der Waals surface area contributed by atoms with Crippen molar-refractivity contribution >= 4 is 41.4 Å². The number of benzene rings is 2. The van der Waals surface area contributed by atoms with Crippen LogP contribution in [-0.4, -0.2) is 52.2 Å². The topological polar surface area (TPSA) is 136 Å². The van der Waals surface area contributed by atoms with Crippen molar-refractivity contribution in [1.29, 1.82) is 0 Å². The van der Waals surface area contributed by atoms with Crippen LogP contribution in [0, 0.1) is 5.41 Å². The van der Waals surface area contributed by atoms with Crippen molar-refractivity contribution in [1.82, 2.24) is 15.5 Å². The fraction of sp³-hybridized carbons (Fsp3) is 0.424. The van der Waals surface area contributed by atoms with E-state index < -0.39 is 23.6 Å². The monoisotopic (exact) mass is 588 g/mol. The molecule has 10 heteroatoms. The summed E-state index contributed by atoms with van der Waals surface area (Å²) in [5.74, 6) is -2.12. The minimum Gasteiger partial charge on any atom is -0.477 e. The molecule has 4 amide bonds. The summed E-state index contributed by atoms with van der Waals surface area (Å²) in [4.78, 5) is 66.7. The lowest BCUT2D eigenvalue weighted by Crippen LogP contribution is -2.42. The number of carboxylic acids is 1. The fourth-order valence-corrected chi connectivity index (χ4v) is 6.10. The maximum absolute atomic E-state index is 13.5. The summed E-state index contributed by atoms with van der Waals surface area (Å²) in [7, 11) is 0. The Hall–Kier alpha value is -4.47. The van der Waals surface area contributed by atoms with Crippen LogP contribution < -0.4 is 15.5 Å². The van der Waals surface area contributed by atoms with Gasteiger partial charge in [-0.2, -0.15) is 0 Å². The second-order valence-electron chi connectivity index (χ2n) is 11.3. The van der Waals surface area contributed by atoms with E-state index in [2.05, 4.69) is 10.6 Å². The van der Waals surface area contributed by atoms with E-state index in [1.54, 1.807) is 41.0 Å². The maximum atomic E-state index is 13.5. The number of carbonyl (C=O) groups excluding carboxylic acids is 4. The summed E-state index contributed by atoms with van der Waals surface area (Å²) in [6.45, 7) is 5.42. The summed E-state index contributed by atoms with van der Waals surface area (Å²) in [5, 5.41) is 15.3. The number of nitrogens with one attached hydrogen (secondary N) is 2. The Morgan fingerprint density at radius 1 is 1.02 bits per heavy atom. The number of amides is 4. The molecular formula is C33H40N4O6. The molecule has 1 aliphatic heterocycles. The van der Waals surface area contributed by atoms with Crippen molar-refractivity contribution in [2.24, 2.45) is 5.41 Å². The number of anilines is 1. The zero-order valence-corrected chi connectivity index (χ0v) is 25.0. The van der Waals surface area contributed by atoms with E-state index in [1.807, 2.05) is 37.3 Å². The van der Waals surface area contributed by atoms with Gasteiger partial charge in [-0.1, -0.05) is 62.2 Å². The molecule has 1 heterocycles. The Bertz CT molecular complexity index is 1380. The van der Waals surface area contributed by atoms with Crippen LogP contribution in [0.15, 0.2) is 60.3 Å². The molecule has 4 rings (SSSR count). The van der Waals surface area contributed by atoms with Crippen molar-refractivity contribution in [3.8, 4) is 0 Å². The Labute approximate surface area is 252 Å². The number of hydrogen-bond donors (Lipinski definition) is 3. The van der Waals surface area contributed by atoms with Gasteiger partial charge in [0.1, 0.15) is 17.9 Å². The lowest BCUT2D eigenvalue weighted by atomic mass is 9.81. The van der Waals surface area contributed by atoms with Gasteiger partial charge < -0.3 is 20.6 Å². The van der Waals surface area contributed by atoms with Crippen LogP contribution in [-0.2, 0) is 24.0 Å². The summed E-state index contributed by atoms with van der Waals surface area (Å²) in [6.07, 6.45) is 5.18. The number of nitrogens with zero attached hydrogens (tertiary/aromatic N) is 2. The molecule has 0 aromatic heterocycles. The predicted molar refractivity (Wildman–Crippen MR) is 162 cm³/mol. The summed E-state index contributed by atoms with van der Waals surface area (Å²) >= 11 is 0. The van der Waals surface area contributed by atoms with Gasteiger partial charge in [0.05, 0.1) is 5.41 Å². The summed E-state index contributed by atoms with van der Waals surface area (Å²) in [6, 6.07) is 15.6. The SMILES string of the molecule is CCCC(=O)N1C(C)C(=O)N(c2ccc(/C=C(\NC(=O)C3(CCNC(C)=O)CCCC3)C(=O)O)cc2)C1c1ccccc1. The Morgan fingerprint density at radius 2 is 1.67 bits per heavy atom. The van der Waals surface area contributed by atoms with Crippen LogP contribution in [0.3, 0.4) is 0 Å². The van der Waals surface area contributed by atoms with E-state index in [4.69, 9.17) is 0 Å². The standard InChI is InChI=1S/C33H40N4O6/c1-4-10-28(39)36-22(2)30(40)37(29(36)25-11-6-5-7-12-25)26-15-13-24(14-16-26)21-27(31(41)42)35-32(43)33(17-8-9-18-33)19-20-34-23(3)38/h5-7,11-16,21-22,29H,4,8-10,17-20H2,1-3H3,(H,34,38)(H,35,43)(H,41,42)/b27-21-. The smallest absolute Gasteiger partial charge is 0.352 e. The molecule has 0 spiro atoms. The van der Waals surface area contributed by atoms with Gasteiger partial charge in [-0.25, -0.2) is 4.79 Å². The molecule has 1 saturated heterocycles. The van der Waals surface area contributed by atoms with Crippen molar-refractivity contribution in [3.63, 3.8) is 0 Å². The van der Waals surface area contributed by atoms with Gasteiger partial charge in [-0.05, 0) is 61.9 Å². The van der Waals surface area contributed by atoms with Crippen molar-refractivity contribution in [2.45, 2.75) is 77.9 Å². The van der Waals surface area contributed by atoms with Gasteiger partial charge >= 0.3 is 5.97 Å². The van der Waals surface area contributed by atoms with Crippen molar-refractivity contribution < 1.29 is 29.1 Å². The molecule has 2 aliphatic rings. The number of rotatable bonds is 11. The third-order valence-electron chi connectivity index (χ3n) is 8.35. The summed E-state index contributed by atoms with van der Waals surface area (Å²) < 4.78 is 0. The molecule has 2 unspecified atom stereocenters. The van der Waals surface area contributed by atoms with Crippen LogP contribution in [0.4, 0.5) is 5.69 Å². The molecule has 3 N–H and O–H groups in total. The second kappa shape index (κ2) is 13.7. The molecule has 2 fully saturated rings. The zero-order valence-electron chi connectivity index (χ0n) is 25.0. The van der Waals surface area contributed by atoms with E-state index in [9.17, 15) is 29.1 Å². The van der Waals surface area contributed by atoms with Gasteiger partial charge in [0.25, 0.3) is 5.91 Å².